The molecule has 0 saturated heterocycles. The molecule has 0 N–H and O–H groups in total. The average molecular weight is 389 g/mol. The molecule has 3 aromatic carbocycles. The van der Waals surface area contributed by atoms with E-state index in [1.54, 1.807) is 18.9 Å². The van der Waals surface area contributed by atoms with Crippen LogP contribution in [0.2, 0.25) is 0 Å². The van der Waals surface area contributed by atoms with Gasteiger partial charge in [0.2, 0.25) is 5.91 Å². The summed E-state index contributed by atoms with van der Waals surface area (Å²) in [5.41, 5.74) is 2.84. The van der Waals surface area contributed by atoms with Crippen LogP contribution in [0, 0.1) is 0 Å². The smallest absolute Gasteiger partial charge is 0.326 e. The van der Waals surface area contributed by atoms with E-state index in [0.29, 0.717) is 0 Å². The first-order valence-corrected chi connectivity index (χ1v) is 9.74. The summed E-state index contributed by atoms with van der Waals surface area (Å²) in [6.45, 7) is 1.97. The third-order valence-corrected chi connectivity index (χ3v) is 5.36. The lowest BCUT2D eigenvalue weighted by Gasteiger charge is -2.35. The Hall–Kier alpha value is -3.34. The maximum Gasteiger partial charge on any atom is 0.326 e. The molecule has 0 radical (unpaired) electrons. The van der Waals surface area contributed by atoms with Gasteiger partial charge < -0.3 is 14.4 Å². The standard InChI is InChI=1S/C24H23NO4/c1-3-29-23(27)15-25-21-12-11-16-7-4-5-10-19(16)24(21)20(14-22(25)26)17-8-6-9-18(13-17)28-2/h4-13,20H,3,14-15H2,1-2H3. The molecule has 0 bridgehead atoms. The fourth-order valence-electron chi connectivity index (χ4n) is 4.06. The first kappa shape index (κ1) is 19.0. The summed E-state index contributed by atoms with van der Waals surface area (Å²) in [6.07, 6.45) is 0.285. The second kappa shape index (κ2) is 7.95. The van der Waals surface area contributed by atoms with E-state index in [2.05, 4.69) is 12.1 Å². The summed E-state index contributed by atoms with van der Waals surface area (Å²) in [6, 6.07) is 19.9. The zero-order chi connectivity index (χ0) is 20.4. The normalized spacial score (nSPS) is 15.9. The van der Waals surface area contributed by atoms with Crippen LogP contribution >= 0.6 is 0 Å². The number of rotatable bonds is 5. The van der Waals surface area contributed by atoms with Crippen molar-refractivity contribution in [1.82, 2.24) is 0 Å². The summed E-state index contributed by atoms with van der Waals surface area (Å²) < 4.78 is 10.5. The molecule has 3 aromatic rings. The lowest BCUT2D eigenvalue weighted by Crippen LogP contribution is -2.41. The number of nitrogens with zero attached hydrogens (tertiary/aromatic N) is 1. The number of esters is 1. The van der Waals surface area contributed by atoms with E-state index in [-0.39, 0.29) is 31.4 Å². The van der Waals surface area contributed by atoms with Crippen molar-refractivity contribution in [2.45, 2.75) is 19.3 Å². The SMILES string of the molecule is CCOC(=O)CN1C(=O)CC(c2cccc(OC)c2)c2c1ccc1ccccc21. The fourth-order valence-corrected chi connectivity index (χ4v) is 4.06. The predicted molar refractivity (Wildman–Crippen MR) is 112 cm³/mol. The minimum absolute atomic E-state index is 0.0805. The number of hydrogen-bond acceptors (Lipinski definition) is 4. The van der Waals surface area contributed by atoms with Gasteiger partial charge in [0.05, 0.1) is 13.7 Å². The van der Waals surface area contributed by atoms with Crippen molar-refractivity contribution in [3.8, 4) is 5.75 Å². The molecule has 1 amide bonds. The van der Waals surface area contributed by atoms with Gasteiger partial charge >= 0.3 is 5.97 Å². The highest BCUT2D eigenvalue weighted by Gasteiger charge is 2.34. The van der Waals surface area contributed by atoms with Crippen LogP contribution in [-0.4, -0.2) is 32.1 Å². The summed E-state index contributed by atoms with van der Waals surface area (Å²) in [5, 5.41) is 2.18. The molecular formula is C24H23NO4. The number of methoxy groups -OCH3 is 1. The van der Waals surface area contributed by atoms with Crippen LogP contribution in [0.3, 0.4) is 0 Å². The van der Waals surface area contributed by atoms with Crippen molar-refractivity contribution in [2.75, 3.05) is 25.2 Å². The molecule has 1 aliphatic heterocycles. The summed E-state index contributed by atoms with van der Waals surface area (Å²) in [7, 11) is 1.63. The van der Waals surface area contributed by atoms with Crippen LogP contribution < -0.4 is 9.64 Å². The van der Waals surface area contributed by atoms with E-state index in [4.69, 9.17) is 9.47 Å². The number of carbonyl (C=O) groups excluding carboxylic acids is 2. The number of ether oxygens (including phenoxy) is 2. The Balaban J connectivity index is 1.88. The van der Waals surface area contributed by atoms with Crippen LogP contribution in [0.1, 0.15) is 30.4 Å². The van der Waals surface area contributed by atoms with E-state index < -0.39 is 5.97 Å². The van der Waals surface area contributed by atoms with E-state index in [9.17, 15) is 9.59 Å². The second-order valence-electron chi connectivity index (χ2n) is 7.04. The molecule has 0 fully saturated rings. The van der Waals surface area contributed by atoms with Crippen molar-refractivity contribution in [1.29, 1.82) is 0 Å². The van der Waals surface area contributed by atoms with Crippen molar-refractivity contribution in [3.63, 3.8) is 0 Å². The van der Waals surface area contributed by atoms with Gasteiger partial charge in [0.1, 0.15) is 12.3 Å². The Bertz CT molecular complexity index is 1080. The van der Waals surface area contributed by atoms with Crippen LogP contribution in [0.5, 0.6) is 5.75 Å². The monoisotopic (exact) mass is 389 g/mol. The van der Waals surface area contributed by atoms with Gasteiger partial charge in [-0.15, -0.1) is 0 Å². The number of carbonyl (C=O) groups is 2. The summed E-state index contributed by atoms with van der Waals surface area (Å²) in [5.74, 6) is 0.149. The van der Waals surface area contributed by atoms with Gasteiger partial charge in [-0.05, 0) is 47.0 Å². The van der Waals surface area contributed by atoms with E-state index in [1.807, 2.05) is 48.5 Å². The van der Waals surface area contributed by atoms with Gasteiger partial charge in [-0.25, -0.2) is 0 Å². The second-order valence-corrected chi connectivity index (χ2v) is 7.04. The molecule has 1 heterocycles. The highest BCUT2D eigenvalue weighted by Crippen LogP contribution is 2.44. The topological polar surface area (TPSA) is 55.8 Å². The minimum Gasteiger partial charge on any atom is -0.497 e. The maximum atomic E-state index is 13.1. The molecule has 5 nitrogen and oxygen atoms in total. The molecule has 0 aromatic heterocycles. The number of hydrogen-bond donors (Lipinski definition) is 0. The van der Waals surface area contributed by atoms with Gasteiger partial charge in [-0.3, -0.25) is 9.59 Å². The number of anilines is 1. The van der Waals surface area contributed by atoms with Crippen molar-refractivity contribution in [2.24, 2.45) is 0 Å². The molecule has 4 rings (SSSR count). The largest absolute Gasteiger partial charge is 0.497 e. The summed E-state index contributed by atoms with van der Waals surface area (Å²) >= 11 is 0. The average Bonchev–Trinajstić information content (AvgIpc) is 2.75. The molecule has 1 aliphatic rings. The van der Waals surface area contributed by atoms with Crippen molar-refractivity contribution >= 4 is 28.3 Å². The van der Waals surface area contributed by atoms with Gasteiger partial charge in [0.15, 0.2) is 0 Å². The Labute approximate surface area is 169 Å². The molecule has 1 unspecified atom stereocenters. The van der Waals surface area contributed by atoms with Crippen LogP contribution in [-0.2, 0) is 14.3 Å². The highest BCUT2D eigenvalue weighted by molar-refractivity contribution is 6.05. The van der Waals surface area contributed by atoms with E-state index >= 15 is 0 Å². The van der Waals surface area contributed by atoms with Gasteiger partial charge in [0, 0.05) is 18.0 Å². The first-order valence-electron chi connectivity index (χ1n) is 9.74. The lowest BCUT2D eigenvalue weighted by atomic mass is 9.81. The molecule has 29 heavy (non-hydrogen) atoms. The molecular weight excluding hydrogens is 366 g/mol. The van der Waals surface area contributed by atoms with E-state index in [0.717, 1.165) is 33.3 Å². The molecule has 0 spiro atoms. The summed E-state index contributed by atoms with van der Waals surface area (Å²) in [4.78, 5) is 26.7. The lowest BCUT2D eigenvalue weighted by molar-refractivity contribution is -0.142. The molecule has 148 valence electrons. The van der Waals surface area contributed by atoms with Crippen LogP contribution in [0.15, 0.2) is 60.7 Å². The van der Waals surface area contributed by atoms with E-state index in [1.165, 1.54) is 0 Å². The number of benzene rings is 3. The zero-order valence-electron chi connectivity index (χ0n) is 16.6. The zero-order valence-corrected chi connectivity index (χ0v) is 16.6. The Morgan fingerprint density at radius 1 is 1.10 bits per heavy atom. The Kier molecular flexibility index (Phi) is 5.21. The van der Waals surface area contributed by atoms with Crippen LogP contribution in [0.4, 0.5) is 5.69 Å². The van der Waals surface area contributed by atoms with Gasteiger partial charge in [-0.2, -0.15) is 0 Å². The quantitative estimate of drug-likeness (QED) is 0.611. The van der Waals surface area contributed by atoms with Crippen molar-refractivity contribution < 1.29 is 19.1 Å². The maximum absolute atomic E-state index is 13.1. The number of fused-ring (bicyclic) bond motifs is 3. The molecule has 0 aliphatic carbocycles. The molecule has 0 saturated carbocycles. The van der Waals surface area contributed by atoms with Gasteiger partial charge in [-0.1, -0.05) is 42.5 Å². The first-order chi connectivity index (χ1) is 14.1. The third kappa shape index (κ3) is 3.56. The van der Waals surface area contributed by atoms with Gasteiger partial charge in [0.25, 0.3) is 0 Å². The van der Waals surface area contributed by atoms with Crippen molar-refractivity contribution in [3.05, 3.63) is 71.8 Å². The molecule has 1 atom stereocenters. The highest BCUT2D eigenvalue weighted by atomic mass is 16.5. The Morgan fingerprint density at radius 3 is 2.72 bits per heavy atom. The number of amides is 1. The Morgan fingerprint density at radius 2 is 1.93 bits per heavy atom. The minimum atomic E-state index is -0.403. The predicted octanol–water partition coefficient (Wildman–Crippen LogP) is 4.28. The third-order valence-electron chi connectivity index (χ3n) is 5.36. The molecule has 5 heteroatoms. The van der Waals surface area contributed by atoms with Crippen LogP contribution in [0.25, 0.3) is 10.8 Å². The fraction of sp³-hybridized carbons (Fsp3) is 0.250.